The summed E-state index contributed by atoms with van der Waals surface area (Å²) in [6.45, 7) is 0.921. The van der Waals surface area contributed by atoms with Crippen molar-refractivity contribution >= 4 is 29.1 Å². The largest absolute Gasteiger partial charge is 0.479 e. The summed E-state index contributed by atoms with van der Waals surface area (Å²) in [5.41, 5.74) is 0.952. The molecule has 1 aliphatic heterocycles. The molecule has 0 saturated carbocycles. The summed E-state index contributed by atoms with van der Waals surface area (Å²) in [6, 6.07) is 11.9. The number of oxime groups is 1. The number of Topliss-reactive ketones (excluding diaryl/α,β-unsaturated/α-hetero) is 1. The van der Waals surface area contributed by atoms with E-state index in [-0.39, 0.29) is 23.4 Å². The van der Waals surface area contributed by atoms with E-state index in [2.05, 4.69) is 5.16 Å². The number of esters is 1. The Hall–Kier alpha value is -4.08. The lowest BCUT2D eigenvalue weighted by Gasteiger charge is -2.29. The molecule has 2 unspecified atom stereocenters. The number of benzene rings is 2. The molecule has 1 N–H and O–H groups in total. The van der Waals surface area contributed by atoms with Crippen LogP contribution in [0.4, 0.5) is 5.69 Å². The average molecular weight is 426 g/mol. The summed E-state index contributed by atoms with van der Waals surface area (Å²) < 4.78 is 5.36. The van der Waals surface area contributed by atoms with Gasteiger partial charge in [-0.05, 0) is 31.0 Å². The zero-order valence-corrected chi connectivity index (χ0v) is 16.4. The highest BCUT2D eigenvalue weighted by Crippen LogP contribution is 2.38. The molecule has 0 bridgehead atoms. The van der Waals surface area contributed by atoms with Crippen molar-refractivity contribution in [3.8, 4) is 5.75 Å². The highest BCUT2D eigenvalue weighted by atomic mass is 16.6. The minimum absolute atomic E-state index is 0.0606. The first-order valence-electron chi connectivity index (χ1n) is 9.24. The minimum atomic E-state index is -1.21. The fraction of sp³-hybridized carbons (Fsp3) is 0.238. The maximum Gasteiger partial charge on any atom is 0.344 e. The number of fused-ring (bicyclic) bond motifs is 1. The van der Waals surface area contributed by atoms with E-state index in [0.717, 1.165) is 0 Å². The molecule has 2 atom stereocenters. The maximum absolute atomic E-state index is 13.1. The van der Waals surface area contributed by atoms with E-state index < -0.39 is 41.1 Å². The number of aliphatic carboxylic acids is 1. The van der Waals surface area contributed by atoms with Crippen LogP contribution >= 0.6 is 0 Å². The second-order valence-electron chi connectivity index (χ2n) is 6.91. The summed E-state index contributed by atoms with van der Waals surface area (Å²) in [5, 5.41) is 23.4. The molecular formula is C21H18N2O8. The van der Waals surface area contributed by atoms with Crippen molar-refractivity contribution in [2.45, 2.75) is 19.3 Å². The van der Waals surface area contributed by atoms with Crippen molar-refractivity contribution in [3.63, 3.8) is 0 Å². The zero-order valence-electron chi connectivity index (χ0n) is 16.4. The topological polar surface area (TPSA) is 145 Å². The van der Waals surface area contributed by atoms with Crippen LogP contribution < -0.4 is 4.74 Å². The Morgan fingerprint density at radius 2 is 1.90 bits per heavy atom. The lowest BCUT2D eigenvalue weighted by molar-refractivity contribution is -0.384. The predicted octanol–water partition coefficient (Wildman–Crippen LogP) is 2.96. The molecule has 1 heterocycles. The highest BCUT2D eigenvalue weighted by Gasteiger charge is 2.42. The predicted molar refractivity (Wildman–Crippen MR) is 107 cm³/mol. The molecule has 2 aromatic rings. The quantitative estimate of drug-likeness (QED) is 0.169. The lowest BCUT2D eigenvalue weighted by Crippen LogP contribution is -2.38. The zero-order chi connectivity index (χ0) is 22.5. The Morgan fingerprint density at radius 3 is 2.55 bits per heavy atom. The van der Waals surface area contributed by atoms with Crippen molar-refractivity contribution in [1.82, 2.24) is 0 Å². The molecule has 31 heavy (non-hydrogen) atoms. The number of carbonyl (C=O) groups excluding carboxylic acids is 2. The van der Waals surface area contributed by atoms with Crippen LogP contribution in [0.15, 0.2) is 53.7 Å². The average Bonchev–Trinajstić information content (AvgIpc) is 2.73. The number of nitro benzene ring substituents is 1. The number of hydrogen-bond donors (Lipinski definition) is 1. The van der Waals surface area contributed by atoms with Gasteiger partial charge in [-0.2, -0.15) is 0 Å². The first kappa shape index (κ1) is 21.6. The number of para-hydroxylation sites is 1. The molecule has 10 nitrogen and oxygen atoms in total. The Kier molecular flexibility index (Phi) is 6.39. The van der Waals surface area contributed by atoms with Gasteiger partial charge in [0.2, 0.25) is 6.61 Å². The molecule has 0 spiro atoms. The van der Waals surface area contributed by atoms with Crippen molar-refractivity contribution in [3.05, 3.63) is 69.8 Å². The van der Waals surface area contributed by atoms with Crippen LogP contribution in [-0.2, 0) is 14.4 Å². The molecule has 1 aliphatic rings. The van der Waals surface area contributed by atoms with Crippen molar-refractivity contribution in [2.75, 3.05) is 6.61 Å². The van der Waals surface area contributed by atoms with Gasteiger partial charge in [-0.25, -0.2) is 4.79 Å². The van der Waals surface area contributed by atoms with Gasteiger partial charge in [-0.3, -0.25) is 19.7 Å². The molecule has 0 amide bonds. The van der Waals surface area contributed by atoms with E-state index >= 15 is 0 Å². The third-order valence-electron chi connectivity index (χ3n) is 4.76. The van der Waals surface area contributed by atoms with Gasteiger partial charge in [-0.15, -0.1) is 0 Å². The first-order chi connectivity index (χ1) is 14.8. The van der Waals surface area contributed by atoms with Crippen LogP contribution in [0.25, 0.3) is 0 Å². The number of non-ortho nitro benzene ring substituents is 1. The van der Waals surface area contributed by atoms with Gasteiger partial charge in [0.1, 0.15) is 11.7 Å². The number of hydrogen-bond acceptors (Lipinski definition) is 8. The van der Waals surface area contributed by atoms with E-state index in [9.17, 15) is 24.5 Å². The summed E-state index contributed by atoms with van der Waals surface area (Å²) in [5.74, 6) is -4.18. The van der Waals surface area contributed by atoms with Gasteiger partial charge < -0.3 is 14.7 Å². The van der Waals surface area contributed by atoms with Crippen LogP contribution in [0, 0.1) is 16.0 Å². The smallest absolute Gasteiger partial charge is 0.344 e. The first-order valence-corrected chi connectivity index (χ1v) is 9.24. The van der Waals surface area contributed by atoms with Gasteiger partial charge in [0.05, 0.1) is 16.2 Å². The summed E-state index contributed by atoms with van der Waals surface area (Å²) >= 11 is 0. The Morgan fingerprint density at radius 1 is 1.23 bits per heavy atom. The highest BCUT2D eigenvalue weighted by molar-refractivity contribution is 6.14. The third kappa shape index (κ3) is 4.92. The van der Waals surface area contributed by atoms with Gasteiger partial charge in [0, 0.05) is 18.1 Å². The summed E-state index contributed by atoms with van der Waals surface area (Å²) in [7, 11) is 0. The number of carboxylic acid groups (broad SMARTS) is 1. The number of ether oxygens (including phenoxy) is 1. The summed E-state index contributed by atoms with van der Waals surface area (Å²) in [4.78, 5) is 51.6. The van der Waals surface area contributed by atoms with E-state index in [1.165, 1.54) is 30.3 Å². The molecule has 0 saturated heterocycles. The molecule has 0 aliphatic carbocycles. The Bertz CT molecular complexity index is 1060. The van der Waals surface area contributed by atoms with Gasteiger partial charge >= 0.3 is 11.9 Å². The normalized spacial score (nSPS) is 16.8. The van der Waals surface area contributed by atoms with Crippen molar-refractivity contribution < 1.29 is 34.0 Å². The van der Waals surface area contributed by atoms with E-state index in [0.29, 0.717) is 11.3 Å². The van der Waals surface area contributed by atoms with Gasteiger partial charge in [-0.1, -0.05) is 29.4 Å². The standard InChI is InChI=1S/C21H18N2O8/c1-12(22-30-11-18(24)25)10-16(13-6-8-14(9-7-13)23(28)29)19-20(26)15-4-2-3-5-17(15)31-21(19)27/h2-9,16,19H,10-11H2,1H3,(H,24,25)/b22-12+. The molecule has 2 aromatic carbocycles. The third-order valence-corrected chi connectivity index (χ3v) is 4.76. The fourth-order valence-corrected chi connectivity index (χ4v) is 3.38. The van der Waals surface area contributed by atoms with Crippen LogP contribution in [0.5, 0.6) is 5.75 Å². The maximum atomic E-state index is 13.1. The number of carboxylic acids is 1. The van der Waals surface area contributed by atoms with Crippen molar-refractivity contribution in [1.29, 1.82) is 0 Å². The van der Waals surface area contributed by atoms with Crippen LogP contribution in [0.1, 0.15) is 35.2 Å². The number of rotatable bonds is 8. The monoisotopic (exact) mass is 426 g/mol. The lowest BCUT2D eigenvalue weighted by atomic mass is 9.77. The van der Waals surface area contributed by atoms with Crippen molar-refractivity contribution in [2.24, 2.45) is 11.1 Å². The second-order valence-corrected chi connectivity index (χ2v) is 6.91. The second kappa shape index (κ2) is 9.16. The Balaban J connectivity index is 1.97. The van der Waals surface area contributed by atoms with E-state index in [1.54, 1.807) is 25.1 Å². The summed E-state index contributed by atoms with van der Waals surface area (Å²) in [6.07, 6.45) is 0.0606. The molecule has 10 heteroatoms. The number of nitro groups is 1. The molecule has 3 rings (SSSR count). The molecule has 0 radical (unpaired) electrons. The van der Waals surface area contributed by atoms with Crippen LogP contribution in [0.3, 0.4) is 0 Å². The fourth-order valence-electron chi connectivity index (χ4n) is 3.38. The van der Waals surface area contributed by atoms with E-state index in [1.807, 2.05) is 0 Å². The SMILES string of the molecule is C/C(CC(c1ccc([N+](=O)[O-])cc1)C1C(=O)Oc2ccccc2C1=O)=N\OCC(=O)O. The minimum Gasteiger partial charge on any atom is -0.479 e. The molecular weight excluding hydrogens is 408 g/mol. The number of carbonyl (C=O) groups is 3. The Labute approximate surface area is 176 Å². The number of nitrogens with zero attached hydrogens (tertiary/aromatic N) is 2. The number of ketones is 1. The molecule has 160 valence electrons. The molecule has 0 fully saturated rings. The van der Waals surface area contributed by atoms with Gasteiger partial charge in [0.15, 0.2) is 5.78 Å². The van der Waals surface area contributed by atoms with Crippen LogP contribution in [0.2, 0.25) is 0 Å². The van der Waals surface area contributed by atoms with Gasteiger partial charge in [0.25, 0.3) is 5.69 Å². The van der Waals surface area contributed by atoms with Crippen LogP contribution in [-0.4, -0.2) is 40.1 Å². The molecule has 0 aromatic heterocycles. The van der Waals surface area contributed by atoms with E-state index in [4.69, 9.17) is 14.7 Å².